The Kier molecular flexibility index (Phi) is 18.4. The van der Waals surface area contributed by atoms with E-state index in [0.717, 1.165) is 38.5 Å². The fraction of sp³-hybridized carbons (Fsp3) is 1.00. The van der Waals surface area contributed by atoms with Crippen molar-refractivity contribution >= 4 is 37.0 Å². The van der Waals surface area contributed by atoms with E-state index in [2.05, 4.69) is 0 Å². The van der Waals surface area contributed by atoms with Gasteiger partial charge in [-0.1, -0.05) is 41.5 Å². The summed E-state index contributed by atoms with van der Waals surface area (Å²) < 4.78 is 51.7. The summed E-state index contributed by atoms with van der Waals surface area (Å²) in [5, 5.41) is 0. The van der Waals surface area contributed by atoms with Gasteiger partial charge < -0.3 is 34.8 Å². The number of rotatable bonds is 22. The van der Waals surface area contributed by atoms with Crippen molar-refractivity contribution in [3.63, 3.8) is 0 Å². The Morgan fingerprint density at radius 1 is 0.432 bits per heavy atom. The average molecular weight is 605 g/mol. The first-order valence-corrected chi connectivity index (χ1v) is 20.9. The van der Waals surface area contributed by atoms with Gasteiger partial charge in [-0.05, 0) is 86.6 Å². The molecule has 0 saturated heterocycles. The topological polar surface area (TPSA) is 73.8 Å². The molecule has 0 fully saturated rings. The Morgan fingerprint density at radius 3 is 0.730 bits per heavy atom. The second-order valence-electron chi connectivity index (χ2n) is 10.1. The molecule has 0 aliphatic carbocycles. The van der Waals surface area contributed by atoms with Crippen molar-refractivity contribution < 1.29 is 34.8 Å². The average Bonchev–Trinajstić information content (AvgIpc) is 2.82. The summed E-state index contributed by atoms with van der Waals surface area (Å²) in [5.74, 6) is 0. The first-order valence-electron chi connectivity index (χ1n) is 14.3. The molecule has 0 bridgehead atoms. The second-order valence-corrected chi connectivity index (χ2v) is 18.8. The summed E-state index contributed by atoms with van der Waals surface area (Å²) in [6.45, 7) is 25.8. The van der Waals surface area contributed by atoms with E-state index in [1.807, 2.05) is 83.1 Å². The molecular weight excluding hydrogens is 548 g/mol. The van der Waals surface area contributed by atoms with Crippen LogP contribution in [0.4, 0.5) is 0 Å². The highest BCUT2D eigenvalue weighted by Gasteiger charge is 2.61. The quantitative estimate of drug-likeness (QED) is 0.0924. The molecule has 0 heterocycles. The van der Waals surface area contributed by atoms with Crippen molar-refractivity contribution in [2.24, 2.45) is 0 Å². The number of halogens is 1. The van der Waals surface area contributed by atoms with Crippen LogP contribution in [0.1, 0.15) is 122 Å². The van der Waals surface area contributed by atoms with Crippen molar-refractivity contribution in [1.29, 1.82) is 0 Å². The first-order chi connectivity index (χ1) is 17.1. The molecule has 0 aromatic rings. The van der Waals surface area contributed by atoms with E-state index in [9.17, 15) is 0 Å². The van der Waals surface area contributed by atoms with Crippen LogP contribution in [0.2, 0.25) is 6.55 Å². The molecule has 0 N–H and O–H groups in total. The maximum Gasteiger partial charge on any atom is 0.672 e. The molecule has 0 radical (unpaired) electrons. The second kappa shape index (κ2) is 18.1. The Morgan fingerprint density at radius 2 is 0.595 bits per heavy atom. The predicted octanol–water partition coefficient (Wildman–Crippen LogP) is 7.59. The van der Waals surface area contributed by atoms with Crippen LogP contribution >= 0.6 is 11.1 Å². The Labute approximate surface area is 236 Å². The molecule has 37 heavy (non-hydrogen) atoms. The van der Waals surface area contributed by atoms with Gasteiger partial charge in [-0.3, -0.25) is 0 Å². The van der Waals surface area contributed by atoms with Crippen LogP contribution < -0.4 is 0 Å². The zero-order valence-electron chi connectivity index (χ0n) is 25.9. The van der Waals surface area contributed by atoms with Crippen LogP contribution in [-0.4, -0.2) is 62.6 Å². The van der Waals surface area contributed by atoms with E-state index in [-0.39, 0.29) is 36.6 Å². The van der Waals surface area contributed by atoms with Crippen LogP contribution in [0.3, 0.4) is 0 Å². The smallest absolute Gasteiger partial charge is 0.359 e. The van der Waals surface area contributed by atoms with E-state index in [1.165, 1.54) is 0 Å². The number of hydrogen-bond acceptors (Lipinski definition) is 8. The lowest BCUT2D eigenvalue weighted by Crippen LogP contribution is -2.64. The van der Waals surface area contributed by atoms with E-state index in [0.29, 0.717) is 0 Å². The zero-order valence-corrected chi connectivity index (χ0v) is 29.6. The van der Waals surface area contributed by atoms with Gasteiger partial charge in [0.1, 0.15) is 0 Å². The lowest BCUT2D eigenvalue weighted by atomic mass is 10.3. The van der Waals surface area contributed by atoms with Crippen LogP contribution in [0.15, 0.2) is 0 Å². The Bertz CT molecular complexity index is 494. The fourth-order valence-electron chi connectivity index (χ4n) is 2.76. The van der Waals surface area contributed by atoms with Crippen LogP contribution in [0.25, 0.3) is 0 Å². The summed E-state index contributed by atoms with van der Waals surface area (Å²) in [6.07, 6.45) is 3.61. The van der Waals surface area contributed by atoms with Crippen LogP contribution in [0.5, 0.6) is 0 Å². The third-order valence-electron chi connectivity index (χ3n) is 6.14. The van der Waals surface area contributed by atoms with Crippen molar-refractivity contribution in [3.8, 4) is 0 Å². The molecular formula is C25H57ClO8Si3. The summed E-state index contributed by atoms with van der Waals surface area (Å²) >= 11 is 7.15. The first kappa shape index (κ1) is 37.6. The highest BCUT2D eigenvalue weighted by atomic mass is 35.6. The number of hydrogen-bond donors (Lipinski definition) is 0. The molecule has 6 unspecified atom stereocenters. The van der Waals surface area contributed by atoms with Gasteiger partial charge in [-0.15, -0.1) is 11.1 Å². The van der Waals surface area contributed by atoms with Crippen molar-refractivity contribution in [2.45, 2.75) is 165 Å². The summed E-state index contributed by atoms with van der Waals surface area (Å²) in [4.78, 5) is 0. The van der Waals surface area contributed by atoms with E-state index in [1.54, 1.807) is 6.55 Å². The molecule has 0 aliphatic rings. The minimum atomic E-state index is -3.77. The zero-order chi connectivity index (χ0) is 28.9. The maximum atomic E-state index is 7.15. The molecule has 0 aromatic carbocycles. The van der Waals surface area contributed by atoms with Crippen LogP contribution in [0, 0.1) is 0 Å². The molecule has 0 rings (SSSR count). The third-order valence-corrected chi connectivity index (χ3v) is 16.6. The van der Waals surface area contributed by atoms with E-state index < -0.39 is 26.0 Å². The minimum Gasteiger partial charge on any atom is -0.359 e. The molecule has 0 aliphatic heterocycles. The van der Waals surface area contributed by atoms with Gasteiger partial charge in [-0.25, -0.2) is 0 Å². The van der Waals surface area contributed by atoms with Gasteiger partial charge in [0.15, 0.2) is 0 Å². The van der Waals surface area contributed by atoms with Gasteiger partial charge in [0.2, 0.25) is 0 Å². The summed E-state index contributed by atoms with van der Waals surface area (Å²) in [5.41, 5.74) is 0. The SMILES string of the molecule is CCC(C)O[Si](OC(C)CC)(OC(C)CC)O[Si](C)(Cl)O[Si](OC(C)CC)(OC(C)CC)OC(C)CC. The van der Waals surface area contributed by atoms with E-state index >= 15 is 0 Å². The standard InChI is InChI=1S/C25H57ClO8Si3/c1-14-20(7)27-36(28-21(8)15-2,29-22(9)16-3)33-35(13,26)34-37(30-23(10)17-4,31-24(11)18-5)32-25(12)19-6/h20-25H,14-19H2,1-13H3. The molecule has 0 saturated carbocycles. The maximum absolute atomic E-state index is 7.15. The summed E-state index contributed by atoms with van der Waals surface area (Å²) in [6, 6.07) is 0. The third kappa shape index (κ3) is 14.7. The van der Waals surface area contributed by atoms with Gasteiger partial charge in [0.25, 0.3) is 0 Å². The Balaban J connectivity index is 6.55. The van der Waals surface area contributed by atoms with Crippen LogP contribution in [-0.2, 0) is 34.8 Å². The molecule has 8 nitrogen and oxygen atoms in total. The molecule has 0 spiro atoms. The van der Waals surface area contributed by atoms with Gasteiger partial charge in [0.05, 0.1) is 0 Å². The van der Waals surface area contributed by atoms with Gasteiger partial charge in [0, 0.05) is 36.6 Å². The molecule has 12 heteroatoms. The molecule has 0 aromatic heterocycles. The monoisotopic (exact) mass is 604 g/mol. The van der Waals surface area contributed by atoms with Gasteiger partial charge in [-0.2, -0.15) is 0 Å². The lowest BCUT2D eigenvalue weighted by molar-refractivity contribution is -0.0767. The van der Waals surface area contributed by atoms with Crippen molar-refractivity contribution in [1.82, 2.24) is 0 Å². The normalized spacial score (nSPS) is 22.2. The Hall–Kier alpha value is 0.621. The van der Waals surface area contributed by atoms with E-state index in [4.69, 9.17) is 45.9 Å². The predicted molar refractivity (Wildman–Crippen MR) is 156 cm³/mol. The molecule has 0 amide bonds. The minimum absolute atomic E-state index is 0.160. The highest BCUT2D eigenvalue weighted by Crippen LogP contribution is 2.32. The lowest BCUT2D eigenvalue weighted by Gasteiger charge is -2.41. The highest BCUT2D eigenvalue weighted by molar-refractivity contribution is 7.16. The molecule has 6 atom stereocenters. The molecule has 224 valence electrons. The summed E-state index contributed by atoms with van der Waals surface area (Å²) in [7, 11) is -11.1. The fourth-order valence-corrected chi connectivity index (χ4v) is 14.0. The van der Waals surface area contributed by atoms with Crippen molar-refractivity contribution in [2.75, 3.05) is 0 Å². The van der Waals surface area contributed by atoms with Gasteiger partial charge >= 0.3 is 26.0 Å². The largest absolute Gasteiger partial charge is 0.672 e. The van der Waals surface area contributed by atoms with Crippen molar-refractivity contribution in [3.05, 3.63) is 0 Å².